The number of rotatable bonds is 4. The van der Waals surface area contributed by atoms with E-state index in [9.17, 15) is 5.11 Å². The fraction of sp³-hybridized carbons (Fsp3) is 0.312. The number of ether oxygens (including phenoxy) is 1. The van der Waals surface area contributed by atoms with Crippen molar-refractivity contribution in [1.29, 1.82) is 0 Å². The molecule has 1 aliphatic carbocycles. The average Bonchev–Trinajstić information content (AvgIpc) is 2.86. The van der Waals surface area contributed by atoms with E-state index < -0.39 is 0 Å². The van der Waals surface area contributed by atoms with Gasteiger partial charge in [-0.3, -0.25) is 0 Å². The summed E-state index contributed by atoms with van der Waals surface area (Å²) < 4.78 is 5.33. The van der Waals surface area contributed by atoms with Crippen LogP contribution in [0.1, 0.15) is 30.5 Å². The van der Waals surface area contributed by atoms with E-state index in [4.69, 9.17) is 4.74 Å². The normalized spacial score (nSPS) is 16.8. The quantitative estimate of drug-likeness (QED) is 0.895. The Kier molecular flexibility index (Phi) is 3.46. The number of hydrogen-bond acceptors (Lipinski definition) is 4. The van der Waals surface area contributed by atoms with E-state index in [0.29, 0.717) is 18.2 Å². The first-order valence-corrected chi connectivity index (χ1v) is 6.94. The molecule has 20 heavy (non-hydrogen) atoms. The predicted molar refractivity (Wildman–Crippen MR) is 78.2 cm³/mol. The van der Waals surface area contributed by atoms with Gasteiger partial charge < -0.3 is 15.2 Å². The molecule has 0 radical (unpaired) electrons. The van der Waals surface area contributed by atoms with Crippen molar-refractivity contribution < 1.29 is 9.84 Å². The number of hydrogen-bond donors (Lipinski definition) is 2. The van der Waals surface area contributed by atoms with Crippen LogP contribution in [0.25, 0.3) is 0 Å². The molecule has 0 bridgehead atoms. The molecular formula is C16H18N2O2. The van der Waals surface area contributed by atoms with Gasteiger partial charge in [0.05, 0.1) is 24.5 Å². The molecule has 1 aliphatic rings. The van der Waals surface area contributed by atoms with Crippen LogP contribution in [0.15, 0.2) is 36.5 Å². The van der Waals surface area contributed by atoms with Crippen LogP contribution in [0.4, 0.5) is 5.69 Å². The molecule has 1 aromatic heterocycles. The number of aromatic nitrogens is 1. The van der Waals surface area contributed by atoms with Gasteiger partial charge in [-0.1, -0.05) is 12.1 Å². The fourth-order valence-electron chi connectivity index (χ4n) is 2.69. The van der Waals surface area contributed by atoms with Crippen LogP contribution in [0.3, 0.4) is 0 Å². The van der Waals surface area contributed by atoms with E-state index in [2.05, 4.69) is 16.4 Å². The lowest BCUT2D eigenvalue weighted by atomic mass is 10.1. The molecule has 2 N–H and O–H groups in total. The van der Waals surface area contributed by atoms with Crippen LogP contribution in [0.2, 0.25) is 0 Å². The first-order valence-electron chi connectivity index (χ1n) is 6.94. The number of nitrogens with zero attached hydrogens (tertiary/aromatic N) is 1. The van der Waals surface area contributed by atoms with Crippen LogP contribution < -0.4 is 10.1 Å². The minimum Gasteiger partial charge on any atom is -0.508 e. The Morgan fingerprint density at radius 3 is 3.00 bits per heavy atom. The van der Waals surface area contributed by atoms with Crippen molar-refractivity contribution in [2.24, 2.45) is 0 Å². The zero-order valence-corrected chi connectivity index (χ0v) is 11.5. The van der Waals surface area contributed by atoms with Crippen molar-refractivity contribution in [1.82, 2.24) is 4.98 Å². The van der Waals surface area contributed by atoms with Crippen molar-refractivity contribution in [3.8, 4) is 11.6 Å². The minimum absolute atomic E-state index is 0.233. The summed E-state index contributed by atoms with van der Waals surface area (Å²) in [6, 6.07) is 9.78. The van der Waals surface area contributed by atoms with E-state index in [1.54, 1.807) is 12.3 Å². The molecule has 0 saturated carbocycles. The summed E-state index contributed by atoms with van der Waals surface area (Å²) in [7, 11) is 0. The third-order valence-electron chi connectivity index (χ3n) is 3.62. The molecule has 0 aliphatic heterocycles. The number of fused-ring (bicyclic) bond motifs is 1. The van der Waals surface area contributed by atoms with Gasteiger partial charge in [-0.15, -0.1) is 0 Å². The van der Waals surface area contributed by atoms with E-state index in [0.717, 1.165) is 24.1 Å². The van der Waals surface area contributed by atoms with Gasteiger partial charge in [-0.25, -0.2) is 4.98 Å². The highest BCUT2D eigenvalue weighted by Crippen LogP contribution is 2.38. The maximum atomic E-state index is 9.85. The third-order valence-corrected chi connectivity index (χ3v) is 3.62. The smallest absolute Gasteiger partial charge is 0.213 e. The lowest BCUT2D eigenvalue weighted by Gasteiger charge is -2.15. The summed E-state index contributed by atoms with van der Waals surface area (Å²) >= 11 is 0. The molecule has 0 fully saturated rings. The molecule has 0 spiro atoms. The largest absolute Gasteiger partial charge is 0.508 e. The van der Waals surface area contributed by atoms with Gasteiger partial charge in [0.15, 0.2) is 0 Å². The maximum Gasteiger partial charge on any atom is 0.213 e. The molecule has 4 nitrogen and oxygen atoms in total. The molecule has 1 atom stereocenters. The molecule has 0 amide bonds. The Morgan fingerprint density at radius 2 is 2.25 bits per heavy atom. The molecular weight excluding hydrogens is 252 g/mol. The van der Waals surface area contributed by atoms with Gasteiger partial charge in [0, 0.05) is 6.07 Å². The second kappa shape index (κ2) is 5.41. The molecule has 1 aromatic carbocycles. The second-order valence-corrected chi connectivity index (χ2v) is 4.90. The van der Waals surface area contributed by atoms with Crippen LogP contribution >= 0.6 is 0 Å². The van der Waals surface area contributed by atoms with Crippen LogP contribution in [-0.2, 0) is 6.42 Å². The average molecular weight is 270 g/mol. The van der Waals surface area contributed by atoms with Gasteiger partial charge in [0.2, 0.25) is 5.88 Å². The predicted octanol–water partition coefficient (Wildman–Crippen LogP) is 3.29. The SMILES string of the molecule is CCOc1ccc(NC2CCc3c(O)cccc32)cn1. The van der Waals surface area contributed by atoms with Crippen molar-refractivity contribution in [3.05, 3.63) is 47.7 Å². The Bertz CT molecular complexity index is 596. The highest BCUT2D eigenvalue weighted by atomic mass is 16.5. The first kappa shape index (κ1) is 12.8. The molecule has 0 saturated heterocycles. The lowest BCUT2D eigenvalue weighted by molar-refractivity contribution is 0.327. The number of pyridine rings is 1. The standard InChI is InChI=1S/C16H18N2O2/c1-2-20-16-9-6-11(10-17-16)18-14-8-7-13-12(14)4-3-5-15(13)19/h3-6,9-10,14,18-19H,2,7-8H2,1H3. The second-order valence-electron chi connectivity index (χ2n) is 4.90. The Morgan fingerprint density at radius 1 is 1.35 bits per heavy atom. The number of benzene rings is 1. The number of nitrogens with one attached hydrogen (secondary N) is 1. The molecule has 104 valence electrons. The zero-order chi connectivity index (χ0) is 13.9. The van der Waals surface area contributed by atoms with E-state index in [-0.39, 0.29) is 6.04 Å². The maximum absolute atomic E-state index is 9.85. The van der Waals surface area contributed by atoms with E-state index in [1.165, 1.54) is 5.56 Å². The van der Waals surface area contributed by atoms with Crippen LogP contribution in [-0.4, -0.2) is 16.7 Å². The van der Waals surface area contributed by atoms with Crippen molar-refractivity contribution in [2.45, 2.75) is 25.8 Å². The highest BCUT2D eigenvalue weighted by Gasteiger charge is 2.24. The molecule has 2 aromatic rings. The molecule has 1 heterocycles. The van der Waals surface area contributed by atoms with E-state index >= 15 is 0 Å². The molecule has 3 rings (SSSR count). The topological polar surface area (TPSA) is 54.4 Å². The van der Waals surface area contributed by atoms with Crippen molar-refractivity contribution in [3.63, 3.8) is 0 Å². The molecule has 1 unspecified atom stereocenters. The monoisotopic (exact) mass is 270 g/mol. The van der Waals surface area contributed by atoms with Gasteiger partial charge >= 0.3 is 0 Å². The minimum atomic E-state index is 0.233. The summed E-state index contributed by atoms with van der Waals surface area (Å²) in [4.78, 5) is 4.25. The highest BCUT2D eigenvalue weighted by molar-refractivity contribution is 5.50. The summed E-state index contributed by atoms with van der Waals surface area (Å²) in [6.45, 7) is 2.56. The van der Waals surface area contributed by atoms with E-state index in [1.807, 2.05) is 25.1 Å². The number of aromatic hydroxyl groups is 1. The lowest BCUT2D eigenvalue weighted by Crippen LogP contribution is -2.07. The number of phenols is 1. The summed E-state index contributed by atoms with van der Waals surface area (Å²) in [5.74, 6) is 1.04. The third kappa shape index (κ3) is 2.41. The van der Waals surface area contributed by atoms with Crippen molar-refractivity contribution >= 4 is 5.69 Å². The van der Waals surface area contributed by atoms with Crippen molar-refractivity contribution in [2.75, 3.05) is 11.9 Å². The Labute approximate surface area is 118 Å². The fourth-order valence-corrected chi connectivity index (χ4v) is 2.69. The van der Waals surface area contributed by atoms with Gasteiger partial charge in [-0.2, -0.15) is 0 Å². The van der Waals surface area contributed by atoms with Crippen LogP contribution in [0, 0.1) is 0 Å². The zero-order valence-electron chi connectivity index (χ0n) is 11.5. The summed E-state index contributed by atoms with van der Waals surface area (Å²) in [5.41, 5.74) is 3.21. The number of anilines is 1. The summed E-state index contributed by atoms with van der Waals surface area (Å²) in [5, 5.41) is 13.3. The van der Waals surface area contributed by atoms with Gasteiger partial charge in [0.25, 0.3) is 0 Å². The first-order chi connectivity index (χ1) is 9.78. The Hall–Kier alpha value is -2.23. The summed E-state index contributed by atoms with van der Waals surface area (Å²) in [6.07, 6.45) is 3.68. The Balaban J connectivity index is 1.75. The molecule has 4 heteroatoms. The van der Waals surface area contributed by atoms with Crippen LogP contribution in [0.5, 0.6) is 11.6 Å². The number of phenolic OH excluding ortho intramolecular Hbond substituents is 1. The van der Waals surface area contributed by atoms with Gasteiger partial charge in [-0.05, 0) is 43.0 Å². The van der Waals surface area contributed by atoms with Gasteiger partial charge in [0.1, 0.15) is 5.75 Å².